The van der Waals surface area contributed by atoms with Gasteiger partial charge in [-0.25, -0.2) is 17.6 Å². The monoisotopic (exact) mass is 2110 g/mol. The van der Waals surface area contributed by atoms with Gasteiger partial charge in [-0.05, 0) is 235 Å². The van der Waals surface area contributed by atoms with E-state index in [0.717, 1.165) is 330 Å². The molecule has 0 unspecified atom stereocenters. The Kier molecular flexibility index (Phi) is 33.8. The predicted octanol–water partition coefficient (Wildman–Crippen LogP) is 38.1. The van der Waals surface area contributed by atoms with Gasteiger partial charge in [-0.3, -0.25) is 9.59 Å². The Balaban J connectivity index is 0.932. The van der Waals surface area contributed by atoms with Crippen LogP contribution in [-0.4, -0.2) is 29.1 Å². The second-order valence-electron chi connectivity index (χ2n) is 41.5. The smallest absolute Gasteiger partial charge is 0.194 e. The van der Waals surface area contributed by atoms with Crippen molar-refractivity contribution in [3.8, 4) is 64.7 Å². The third-order valence-corrected chi connectivity index (χ3v) is 38.8. The number of carbonyl (C=O) groups excluding carboxylic acids is 2. The number of aromatic nitrogens is 4. The molecule has 21 heteroatoms. The summed E-state index contributed by atoms with van der Waals surface area (Å²) in [6.45, 7) is 18.4. The standard InChI is InChI=1S/C128H128F4N8O2S7/c1-9-17-25-33-41-77-53-78(42-34-26-18-10-2)58-89(57-77)127(90-59-79(43-35-27-19-11-3)54-80(60-90)44-36-28-20-12-4)101-71-106(93-51-49-85(114-116(93)139-148-137-114)65-99-109(87(73-133)74-134)95-67-102(129)104(131)69-97(95)118(99)141)143-120(101)122-112(127)124-126(146-122)113-125(147-124)123-111(121-108(145-123)72-107(144-121)94-52-50-86(115-117(94)140-149-138-115)66-100-110(88(75-135)76-136)96-68-103(130)105(132)70-98(96)119(100)142)128(113,91-61-81(45-37-29-21-13-5)55-82(62-91)46-38-30-22-14-6)92-63-83(47-39-31-23-15-7)56-84(64-92)48-40-32-24-16-8/h49-72H,9-48H2,1-8H3/b99-65-,100-66-. The zero-order valence-corrected chi connectivity index (χ0v) is 92.6. The summed E-state index contributed by atoms with van der Waals surface area (Å²) in [6.07, 6.45) is 46.6. The second kappa shape index (κ2) is 47.5. The first-order valence-electron chi connectivity index (χ1n) is 54.8. The first-order chi connectivity index (χ1) is 72.8. The second-order valence-corrected chi connectivity index (χ2v) is 47.8. The van der Waals surface area contributed by atoms with Crippen LogP contribution in [0, 0.1) is 68.6 Å². The maximum Gasteiger partial charge on any atom is 0.194 e. The quantitative estimate of drug-likeness (QED) is 0.0154. The van der Waals surface area contributed by atoms with Crippen LogP contribution in [0.5, 0.6) is 0 Å². The molecule has 19 rings (SSSR count). The summed E-state index contributed by atoms with van der Waals surface area (Å²) in [7, 11) is 0. The van der Waals surface area contributed by atoms with Gasteiger partial charge in [0.05, 0.1) is 67.9 Å². The summed E-state index contributed by atoms with van der Waals surface area (Å²) >= 11 is 11.7. The van der Waals surface area contributed by atoms with Crippen LogP contribution in [0.3, 0.4) is 0 Å². The van der Waals surface area contributed by atoms with E-state index in [0.29, 0.717) is 33.2 Å². The van der Waals surface area contributed by atoms with Crippen LogP contribution in [-0.2, 0) is 62.2 Å². The number of hydrogen-bond donors (Lipinski definition) is 0. The first-order valence-corrected chi connectivity index (χ1v) is 60.4. The number of fused-ring (bicyclic) bond motifs is 15. The molecule has 0 spiro atoms. The molecule has 0 atom stereocenters. The number of nitrogens with zero attached hydrogens (tertiary/aromatic N) is 8. The summed E-state index contributed by atoms with van der Waals surface area (Å²) in [5.41, 5.74) is 23.0. The van der Waals surface area contributed by atoms with Crippen LogP contribution < -0.4 is 0 Å². The fraction of sp³-hybridized carbons (Fsp3) is 0.391. The molecule has 0 N–H and O–H groups in total. The molecular formula is C128H128F4N8O2S7. The van der Waals surface area contributed by atoms with E-state index in [1.54, 1.807) is 12.2 Å². The molecule has 7 aromatic heterocycles. The molecule has 0 saturated heterocycles. The minimum Gasteiger partial charge on any atom is -0.289 e. The van der Waals surface area contributed by atoms with Gasteiger partial charge in [-0.1, -0.05) is 307 Å². The van der Waals surface area contributed by atoms with Gasteiger partial charge in [0.15, 0.2) is 34.8 Å². The molecule has 15 aromatic rings. The van der Waals surface area contributed by atoms with Crippen molar-refractivity contribution in [3.63, 3.8) is 0 Å². The summed E-state index contributed by atoms with van der Waals surface area (Å²) in [4.78, 5) is 36.5. The fourth-order valence-electron chi connectivity index (χ4n) is 23.8. The number of thiophene rings is 5. The lowest BCUT2D eigenvalue weighted by Gasteiger charge is -2.35. The Labute approximate surface area is 903 Å². The van der Waals surface area contributed by atoms with Crippen LogP contribution in [0.15, 0.2) is 156 Å². The summed E-state index contributed by atoms with van der Waals surface area (Å²) in [5.74, 6) is -6.11. The van der Waals surface area contributed by atoms with Crippen molar-refractivity contribution in [3.05, 3.63) is 301 Å². The van der Waals surface area contributed by atoms with Crippen molar-refractivity contribution in [2.24, 2.45) is 0 Å². The van der Waals surface area contributed by atoms with Gasteiger partial charge in [0.25, 0.3) is 0 Å². The van der Waals surface area contributed by atoms with E-state index in [4.69, 9.17) is 17.5 Å². The maximum absolute atomic E-state index is 15.4. The third-order valence-electron chi connectivity index (χ3n) is 31.2. The topological polar surface area (TPSA) is 181 Å². The number of nitriles is 4. The van der Waals surface area contributed by atoms with Crippen molar-refractivity contribution < 1.29 is 27.2 Å². The number of benzene rings is 8. The fourth-order valence-corrected chi connectivity index (χ4v) is 32.4. The lowest BCUT2D eigenvalue weighted by Crippen LogP contribution is -2.30. The van der Waals surface area contributed by atoms with Crippen LogP contribution in [0.4, 0.5) is 17.6 Å². The van der Waals surface area contributed by atoms with E-state index in [-0.39, 0.29) is 44.5 Å². The van der Waals surface area contributed by atoms with Gasteiger partial charge in [0.2, 0.25) is 0 Å². The van der Waals surface area contributed by atoms with Gasteiger partial charge in [0, 0.05) is 86.8 Å². The number of unbranched alkanes of at least 4 members (excludes halogenated alkanes) is 24. The highest BCUT2D eigenvalue weighted by molar-refractivity contribution is 7.37. The average molecular weight is 2110 g/mol. The van der Waals surface area contributed by atoms with E-state index in [1.165, 1.54) is 123 Å². The predicted molar refractivity (Wildman–Crippen MR) is 615 cm³/mol. The lowest BCUT2D eigenvalue weighted by molar-refractivity contribution is 0.103. The lowest BCUT2D eigenvalue weighted by atomic mass is 9.65. The minimum absolute atomic E-state index is 0.0209. The van der Waals surface area contributed by atoms with Crippen LogP contribution in [0.1, 0.15) is 393 Å². The molecule has 149 heavy (non-hydrogen) atoms. The van der Waals surface area contributed by atoms with E-state index in [9.17, 15) is 30.6 Å². The highest BCUT2D eigenvalue weighted by Crippen LogP contribution is 2.73. The van der Waals surface area contributed by atoms with Gasteiger partial charge in [-0.15, -0.1) is 56.7 Å². The van der Waals surface area contributed by atoms with Crippen molar-refractivity contribution >= 4 is 156 Å². The van der Waals surface area contributed by atoms with E-state index in [2.05, 4.69) is 146 Å². The van der Waals surface area contributed by atoms with Crippen molar-refractivity contribution in [1.82, 2.24) is 17.5 Å². The Bertz CT molecular complexity index is 7680. The molecule has 7 heterocycles. The zero-order valence-electron chi connectivity index (χ0n) is 86.9. The largest absolute Gasteiger partial charge is 0.289 e. The van der Waals surface area contributed by atoms with Gasteiger partial charge >= 0.3 is 0 Å². The highest BCUT2D eigenvalue weighted by atomic mass is 32.1. The molecule has 0 saturated carbocycles. The minimum atomic E-state index is -1.21. The van der Waals surface area contributed by atoms with Gasteiger partial charge in [-0.2, -0.15) is 38.5 Å². The number of hydrogen-bond acceptors (Lipinski definition) is 17. The van der Waals surface area contributed by atoms with Gasteiger partial charge < -0.3 is 0 Å². The van der Waals surface area contributed by atoms with Crippen LogP contribution in [0.2, 0.25) is 0 Å². The number of Topliss-reactive ketones (excluding diaryl/α,β-unsaturated/α-hetero) is 2. The molecule has 4 aliphatic rings. The molecule has 0 fully saturated rings. The zero-order chi connectivity index (χ0) is 104. The molecule has 4 aliphatic carbocycles. The van der Waals surface area contributed by atoms with E-state index < -0.39 is 56.8 Å². The molecule has 10 nitrogen and oxygen atoms in total. The summed E-state index contributed by atoms with van der Waals surface area (Å²) in [6, 6.07) is 55.8. The van der Waals surface area contributed by atoms with Gasteiger partial charge in [0.1, 0.15) is 57.5 Å². The molecule has 0 bridgehead atoms. The molecular weight excluding hydrogens is 1980 g/mol. The number of aryl methyl sites for hydroxylation is 8. The number of allylic oxidation sites excluding steroid dienone is 6. The molecule has 0 amide bonds. The Morgan fingerprint density at radius 2 is 0.584 bits per heavy atom. The van der Waals surface area contributed by atoms with Crippen LogP contribution in [0.25, 0.3) is 105 Å². The molecule has 0 aliphatic heterocycles. The molecule has 8 aromatic carbocycles. The normalized spacial score (nSPS) is 14.1. The summed E-state index contributed by atoms with van der Waals surface area (Å²) in [5, 5.41) is 42.0. The molecule has 762 valence electrons. The third kappa shape index (κ3) is 20.5. The Morgan fingerprint density at radius 1 is 0.295 bits per heavy atom. The number of carbonyl (C=O) groups is 2. The van der Waals surface area contributed by atoms with Crippen LogP contribution >= 0.6 is 80.1 Å². The molecule has 0 radical (unpaired) electrons. The number of rotatable bonds is 48. The van der Waals surface area contributed by atoms with E-state index >= 15 is 17.6 Å². The Morgan fingerprint density at radius 3 is 0.913 bits per heavy atom. The SMILES string of the molecule is CCCCCCc1cc(CCCCCC)cc(C2(c3cc(CCCCCC)cc(CCCCCC)c3)c3cc(-c4ccc(/C=C5\C(=O)c6cc(F)c(F)cc6C5=C(C#N)C#N)c5nsnc45)sc3-c3sc4c5c(sc4c32)-c2sc3cc(-c4ccc(/C=C6\C(=O)c7cc(F)c(F)cc7C6=C(C#N)C#N)c6nsnc46)sc3c2C5(c2cc(CCCCCC)cc(CCCCCC)c2)c2cc(CCCCCC)cc(CCCCCC)c2)c1. The number of halogens is 4. The van der Waals surface area contributed by atoms with Crippen molar-refractivity contribution in [1.29, 1.82) is 21.0 Å². The Hall–Kier alpha value is -11.6. The van der Waals surface area contributed by atoms with Crippen molar-refractivity contribution in [2.45, 2.75) is 323 Å². The maximum atomic E-state index is 15.4. The summed E-state index contributed by atoms with van der Waals surface area (Å²) < 4.78 is 86.6. The first kappa shape index (κ1) is 106. The highest BCUT2D eigenvalue weighted by Gasteiger charge is 2.57. The number of ketones is 2. The van der Waals surface area contributed by atoms with E-state index in [1.807, 2.05) is 99.2 Å². The van der Waals surface area contributed by atoms with Crippen molar-refractivity contribution in [2.75, 3.05) is 0 Å². The average Bonchev–Trinajstić information content (AvgIpc) is 1.47.